The van der Waals surface area contributed by atoms with E-state index in [4.69, 9.17) is 4.74 Å². The number of ether oxygens (including phenoxy) is 1. The number of aromatic amines is 1. The summed E-state index contributed by atoms with van der Waals surface area (Å²) < 4.78 is 31.8. The number of sulfonamides is 1. The molecule has 3 rings (SSSR count). The Morgan fingerprint density at radius 1 is 1.13 bits per heavy atom. The molecule has 0 bridgehead atoms. The number of hydrogen-bond donors (Lipinski definition) is 1. The molecule has 1 amide bonds. The van der Waals surface area contributed by atoms with Gasteiger partial charge in [-0.1, -0.05) is 44.2 Å². The highest BCUT2D eigenvalue weighted by Gasteiger charge is 2.29. The summed E-state index contributed by atoms with van der Waals surface area (Å²) in [5.74, 6) is -0.956. The van der Waals surface area contributed by atoms with Gasteiger partial charge >= 0.3 is 5.97 Å². The fraction of sp³-hybridized carbons (Fsp3) is 0.450. The zero-order valence-corrected chi connectivity index (χ0v) is 17.9. The van der Waals surface area contributed by atoms with E-state index < -0.39 is 22.6 Å². The summed E-state index contributed by atoms with van der Waals surface area (Å²) >= 11 is 0. The molecule has 162 valence electrons. The number of carbonyl (C=O) groups excluding carboxylic acids is 2. The van der Waals surface area contributed by atoms with Gasteiger partial charge < -0.3 is 9.64 Å². The van der Waals surface area contributed by atoms with Crippen molar-refractivity contribution in [2.45, 2.75) is 25.5 Å². The highest BCUT2D eigenvalue weighted by atomic mass is 32.2. The number of rotatable bonds is 7. The van der Waals surface area contributed by atoms with Gasteiger partial charge in [0.15, 0.2) is 6.61 Å². The van der Waals surface area contributed by atoms with E-state index in [1.165, 1.54) is 15.4 Å². The number of amides is 1. The van der Waals surface area contributed by atoms with E-state index in [0.29, 0.717) is 11.3 Å². The zero-order valence-electron chi connectivity index (χ0n) is 17.1. The first-order valence-corrected chi connectivity index (χ1v) is 11.4. The quantitative estimate of drug-likeness (QED) is 0.659. The van der Waals surface area contributed by atoms with Gasteiger partial charge in [0.25, 0.3) is 5.91 Å². The third kappa shape index (κ3) is 5.25. The fourth-order valence-electron chi connectivity index (χ4n) is 3.29. The van der Waals surface area contributed by atoms with Gasteiger partial charge in [0.2, 0.25) is 10.0 Å². The topological polar surface area (TPSA) is 113 Å². The second-order valence-electron chi connectivity index (χ2n) is 7.45. The van der Waals surface area contributed by atoms with Crippen LogP contribution in [0.3, 0.4) is 0 Å². The minimum absolute atomic E-state index is 0.0664. The van der Waals surface area contributed by atoms with Crippen LogP contribution in [0.2, 0.25) is 0 Å². The fourth-order valence-corrected chi connectivity index (χ4v) is 4.80. The standard InChI is InChI=1S/C20H26N4O5S/c1-15(2)19-17(12-21-22-19)20(26)29-13-18(25)23-8-10-24(11-9-23)30(27,28)14-16-6-4-3-5-7-16/h3-7,12,15H,8-11,13-14H2,1-2H3,(H,21,22). The summed E-state index contributed by atoms with van der Waals surface area (Å²) in [6, 6.07) is 8.99. The molecule has 0 atom stereocenters. The molecule has 0 unspecified atom stereocenters. The molecular formula is C20H26N4O5S. The molecule has 2 aromatic rings. The molecular weight excluding hydrogens is 408 g/mol. The van der Waals surface area contributed by atoms with Crippen LogP contribution in [0.5, 0.6) is 0 Å². The molecule has 1 saturated heterocycles. The Morgan fingerprint density at radius 3 is 2.43 bits per heavy atom. The lowest BCUT2D eigenvalue weighted by atomic mass is 10.1. The second kappa shape index (κ2) is 9.40. The van der Waals surface area contributed by atoms with Gasteiger partial charge in [0.1, 0.15) is 5.56 Å². The number of esters is 1. The molecule has 0 spiro atoms. The number of nitrogens with one attached hydrogen (secondary N) is 1. The minimum Gasteiger partial charge on any atom is -0.452 e. The Kier molecular flexibility index (Phi) is 6.88. The average Bonchev–Trinajstić information content (AvgIpc) is 3.23. The van der Waals surface area contributed by atoms with Gasteiger partial charge in [-0.15, -0.1) is 0 Å². The largest absolute Gasteiger partial charge is 0.452 e. The van der Waals surface area contributed by atoms with Crippen LogP contribution < -0.4 is 0 Å². The first kappa shape index (κ1) is 22.0. The molecule has 1 aliphatic rings. The Morgan fingerprint density at radius 2 is 1.80 bits per heavy atom. The van der Waals surface area contributed by atoms with Crippen molar-refractivity contribution in [2.75, 3.05) is 32.8 Å². The van der Waals surface area contributed by atoms with Crippen molar-refractivity contribution in [2.24, 2.45) is 0 Å². The molecule has 10 heteroatoms. The Hall–Kier alpha value is -2.72. The van der Waals surface area contributed by atoms with E-state index in [0.717, 1.165) is 5.56 Å². The predicted octanol–water partition coefficient (Wildman–Crippen LogP) is 1.36. The van der Waals surface area contributed by atoms with Crippen LogP contribution in [-0.4, -0.2) is 72.5 Å². The maximum Gasteiger partial charge on any atom is 0.342 e. The average molecular weight is 435 g/mol. The Bertz CT molecular complexity index is 980. The summed E-state index contributed by atoms with van der Waals surface area (Å²) in [7, 11) is -3.45. The van der Waals surface area contributed by atoms with Gasteiger partial charge in [-0.05, 0) is 11.5 Å². The van der Waals surface area contributed by atoms with Crippen molar-refractivity contribution in [3.63, 3.8) is 0 Å². The van der Waals surface area contributed by atoms with Crippen molar-refractivity contribution in [1.82, 2.24) is 19.4 Å². The van der Waals surface area contributed by atoms with Crippen LogP contribution in [-0.2, 0) is 25.3 Å². The maximum absolute atomic E-state index is 12.6. The van der Waals surface area contributed by atoms with Crippen molar-refractivity contribution in [1.29, 1.82) is 0 Å². The van der Waals surface area contributed by atoms with Crippen LogP contribution >= 0.6 is 0 Å². The monoisotopic (exact) mass is 434 g/mol. The van der Waals surface area contributed by atoms with E-state index in [1.54, 1.807) is 24.3 Å². The van der Waals surface area contributed by atoms with E-state index >= 15 is 0 Å². The van der Waals surface area contributed by atoms with E-state index in [2.05, 4.69) is 10.2 Å². The predicted molar refractivity (Wildman–Crippen MR) is 110 cm³/mol. The second-order valence-corrected chi connectivity index (χ2v) is 9.42. The van der Waals surface area contributed by atoms with Crippen LogP contribution in [0.15, 0.2) is 36.5 Å². The number of aromatic nitrogens is 2. The summed E-state index contributed by atoms with van der Waals surface area (Å²) in [6.07, 6.45) is 1.39. The van der Waals surface area contributed by atoms with Crippen molar-refractivity contribution in [3.05, 3.63) is 53.3 Å². The lowest BCUT2D eigenvalue weighted by molar-refractivity contribution is -0.135. The number of benzene rings is 1. The SMILES string of the molecule is CC(C)c1[nH]ncc1C(=O)OCC(=O)N1CCN(S(=O)(=O)Cc2ccccc2)CC1. The summed E-state index contributed by atoms with van der Waals surface area (Å²) in [5, 5.41) is 6.62. The first-order chi connectivity index (χ1) is 14.3. The van der Waals surface area contributed by atoms with E-state index in [-0.39, 0.29) is 43.8 Å². The van der Waals surface area contributed by atoms with Gasteiger partial charge in [0.05, 0.1) is 17.6 Å². The molecule has 1 aromatic heterocycles. The Balaban J connectivity index is 1.49. The molecule has 0 saturated carbocycles. The van der Waals surface area contributed by atoms with Crippen LogP contribution in [0.25, 0.3) is 0 Å². The highest BCUT2D eigenvalue weighted by molar-refractivity contribution is 7.88. The van der Waals surface area contributed by atoms with Crippen LogP contribution in [0.4, 0.5) is 0 Å². The number of hydrogen-bond acceptors (Lipinski definition) is 6. The number of H-pyrrole nitrogens is 1. The maximum atomic E-state index is 12.6. The lowest BCUT2D eigenvalue weighted by Crippen LogP contribution is -2.51. The molecule has 30 heavy (non-hydrogen) atoms. The van der Waals surface area contributed by atoms with Crippen molar-refractivity contribution >= 4 is 21.9 Å². The van der Waals surface area contributed by atoms with Gasteiger partial charge in [-0.2, -0.15) is 9.40 Å². The highest BCUT2D eigenvalue weighted by Crippen LogP contribution is 2.17. The lowest BCUT2D eigenvalue weighted by Gasteiger charge is -2.33. The van der Waals surface area contributed by atoms with E-state index in [9.17, 15) is 18.0 Å². The minimum atomic E-state index is -3.45. The molecule has 1 aliphatic heterocycles. The molecule has 9 nitrogen and oxygen atoms in total. The number of piperazine rings is 1. The van der Waals surface area contributed by atoms with Crippen molar-refractivity contribution < 1.29 is 22.7 Å². The van der Waals surface area contributed by atoms with E-state index in [1.807, 2.05) is 19.9 Å². The smallest absolute Gasteiger partial charge is 0.342 e. The van der Waals surface area contributed by atoms with Gasteiger partial charge in [-0.3, -0.25) is 9.89 Å². The third-order valence-electron chi connectivity index (χ3n) is 4.97. The summed E-state index contributed by atoms with van der Waals surface area (Å²) in [5.41, 5.74) is 1.70. The molecule has 1 fully saturated rings. The molecule has 0 radical (unpaired) electrons. The number of carbonyl (C=O) groups is 2. The third-order valence-corrected chi connectivity index (χ3v) is 6.82. The van der Waals surface area contributed by atoms with Crippen LogP contribution in [0.1, 0.15) is 41.4 Å². The van der Waals surface area contributed by atoms with Crippen LogP contribution in [0, 0.1) is 0 Å². The molecule has 0 aliphatic carbocycles. The molecule has 2 heterocycles. The number of nitrogens with zero attached hydrogens (tertiary/aromatic N) is 3. The summed E-state index contributed by atoms with van der Waals surface area (Å²) in [4.78, 5) is 26.1. The molecule has 1 aromatic carbocycles. The van der Waals surface area contributed by atoms with Gasteiger partial charge in [0, 0.05) is 26.2 Å². The zero-order chi connectivity index (χ0) is 21.7. The first-order valence-electron chi connectivity index (χ1n) is 9.78. The van der Waals surface area contributed by atoms with Crippen molar-refractivity contribution in [3.8, 4) is 0 Å². The normalized spacial score (nSPS) is 15.4. The van der Waals surface area contributed by atoms with Gasteiger partial charge in [-0.25, -0.2) is 13.2 Å². The molecule has 1 N–H and O–H groups in total. The summed E-state index contributed by atoms with van der Waals surface area (Å²) in [6.45, 7) is 4.39. The Labute approximate surface area is 176 Å².